The monoisotopic (exact) mass is 242 g/mol. The Kier molecular flexibility index (Phi) is 3.24. The van der Waals surface area contributed by atoms with Crippen LogP contribution in [0.1, 0.15) is 26.2 Å². The second-order valence-electron chi connectivity index (χ2n) is 4.84. The van der Waals surface area contributed by atoms with Gasteiger partial charge in [0.15, 0.2) is 0 Å². The summed E-state index contributed by atoms with van der Waals surface area (Å²) in [4.78, 5) is 24.7. The molecular weight excluding hydrogens is 224 g/mol. The Hall–Kier alpha value is -1.30. The Morgan fingerprint density at radius 1 is 1.53 bits per heavy atom. The molecule has 6 heteroatoms. The zero-order chi connectivity index (χ0) is 12.5. The lowest BCUT2D eigenvalue weighted by Crippen LogP contribution is -2.55. The quantitative estimate of drug-likeness (QED) is 0.735. The van der Waals surface area contributed by atoms with Crippen LogP contribution in [0.4, 0.5) is 4.79 Å². The molecule has 2 aliphatic rings. The number of carboxylic acid groups (broad SMARTS) is 1. The van der Waals surface area contributed by atoms with E-state index in [0.717, 1.165) is 12.8 Å². The lowest BCUT2D eigenvalue weighted by Gasteiger charge is -2.32. The molecular formula is C11H18N2O4. The van der Waals surface area contributed by atoms with Crippen LogP contribution in [0.3, 0.4) is 0 Å². The molecule has 2 atom stereocenters. The molecule has 17 heavy (non-hydrogen) atoms. The number of aliphatic carboxylic acids is 1. The van der Waals surface area contributed by atoms with Gasteiger partial charge in [-0.05, 0) is 26.2 Å². The molecule has 0 radical (unpaired) electrons. The first kappa shape index (κ1) is 12.2. The van der Waals surface area contributed by atoms with E-state index in [2.05, 4.69) is 5.32 Å². The van der Waals surface area contributed by atoms with Crippen LogP contribution in [-0.4, -0.2) is 53.3 Å². The standard InChI is InChI=1S/C11H18N2O4/c1-11(9(14)15)4-2-5-13(11)10(16)12-8-3-6-17-7-8/h8H,2-7H2,1H3,(H,12,16)(H,14,15). The number of carbonyl (C=O) groups excluding carboxylic acids is 1. The third-order valence-corrected chi connectivity index (χ3v) is 3.60. The maximum atomic E-state index is 12.0. The topological polar surface area (TPSA) is 78.9 Å². The highest BCUT2D eigenvalue weighted by atomic mass is 16.5. The van der Waals surface area contributed by atoms with Gasteiger partial charge in [0.2, 0.25) is 0 Å². The fourth-order valence-corrected chi connectivity index (χ4v) is 2.41. The molecule has 0 spiro atoms. The Labute approximate surface area is 99.9 Å². The minimum absolute atomic E-state index is 0.0149. The minimum Gasteiger partial charge on any atom is -0.480 e. The number of hydrogen-bond donors (Lipinski definition) is 2. The number of likely N-dealkylation sites (tertiary alicyclic amines) is 1. The smallest absolute Gasteiger partial charge is 0.329 e. The molecule has 6 nitrogen and oxygen atoms in total. The van der Waals surface area contributed by atoms with Crippen LogP contribution < -0.4 is 5.32 Å². The molecule has 2 N–H and O–H groups in total. The van der Waals surface area contributed by atoms with Gasteiger partial charge >= 0.3 is 12.0 Å². The zero-order valence-electron chi connectivity index (χ0n) is 9.94. The van der Waals surface area contributed by atoms with Crippen molar-refractivity contribution in [1.82, 2.24) is 10.2 Å². The summed E-state index contributed by atoms with van der Waals surface area (Å²) in [5, 5.41) is 12.0. The van der Waals surface area contributed by atoms with Crippen molar-refractivity contribution in [3.8, 4) is 0 Å². The Morgan fingerprint density at radius 3 is 2.88 bits per heavy atom. The number of carbonyl (C=O) groups is 2. The summed E-state index contributed by atoms with van der Waals surface area (Å²) in [6.07, 6.45) is 2.04. The second kappa shape index (κ2) is 4.52. The zero-order valence-corrected chi connectivity index (χ0v) is 9.94. The van der Waals surface area contributed by atoms with E-state index in [-0.39, 0.29) is 12.1 Å². The number of urea groups is 1. The van der Waals surface area contributed by atoms with Gasteiger partial charge < -0.3 is 20.1 Å². The maximum absolute atomic E-state index is 12.0. The lowest BCUT2D eigenvalue weighted by molar-refractivity contribution is -0.147. The van der Waals surface area contributed by atoms with E-state index in [0.29, 0.717) is 26.2 Å². The van der Waals surface area contributed by atoms with E-state index in [1.807, 2.05) is 0 Å². The predicted molar refractivity (Wildman–Crippen MR) is 59.7 cm³/mol. The minimum atomic E-state index is -1.07. The van der Waals surface area contributed by atoms with Crippen LogP contribution in [0.2, 0.25) is 0 Å². The van der Waals surface area contributed by atoms with Crippen molar-refractivity contribution >= 4 is 12.0 Å². The predicted octanol–water partition coefficient (Wildman–Crippen LogP) is 0.424. The van der Waals surface area contributed by atoms with E-state index in [1.54, 1.807) is 6.92 Å². The molecule has 2 fully saturated rings. The number of rotatable bonds is 2. The molecule has 0 aromatic carbocycles. The van der Waals surface area contributed by atoms with Gasteiger partial charge in [-0.3, -0.25) is 0 Å². The molecule has 2 amide bonds. The number of ether oxygens (including phenoxy) is 1. The molecule has 2 aliphatic heterocycles. The summed E-state index contributed by atoms with van der Waals surface area (Å²) in [5.74, 6) is -0.937. The van der Waals surface area contributed by atoms with Crippen LogP contribution in [0.15, 0.2) is 0 Å². The lowest BCUT2D eigenvalue weighted by atomic mass is 10.00. The Balaban J connectivity index is 2.00. The summed E-state index contributed by atoms with van der Waals surface area (Å²) in [6, 6.07) is -0.274. The van der Waals surface area contributed by atoms with Gasteiger partial charge in [-0.25, -0.2) is 9.59 Å². The first-order valence-electron chi connectivity index (χ1n) is 5.93. The van der Waals surface area contributed by atoms with Gasteiger partial charge in [-0.2, -0.15) is 0 Å². The fraction of sp³-hybridized carbons (Fsp3) is 0.818. The van der Waals surface area contributed by atoms with Gasteiger partial charge in [0, 0.05) is 13.2 Å². The van der Waals surface area contributed by atoms with Crippen molar-refractivity contribution in [3.63, 3.8) is 0 Å². The van der Waals surface area contributed by atoms with E-state index >= 15 is 0 Å². The molecule has 0 saturated carbocycles. The number of hydrogen-bond acceptors (Lipinski definition) is 3. The first-order chi connectivity index (χ1) is 8.04. The van der Waals surface area contributed by atoms with Crippen molar-refractivity contribution in [2.45, 2.75) is 37.8 Å². The van der Waals surface area contributed by atoms with Crippen molar-refractivity contribution in [1.29, 1.82) is 0 Å². The summed E-state index contributed by atoms with van der Waals surface area (Å²) in [6.45, 7) is 3.28. The van der Waals surface area contributed by atoms with Gasteiger partial charge in [0.1, 0.15) is 5.54 Å². The molecule has 0 aromatic heterocycles. The average Bonchev–Trinajstić information content (AvgIpc) is 2.87. The summed E-state index contributed by atoms with van der Waals surface area (Å²) >= 11 is 0. The number of carboxylic acids is 1. The van der Waals surface area contributed by atoms with Gasteiger partial charge in [-0.1, -0.05) is 0 Å². The van der Waals surface area contributed by atoms with Crippen molar-refractivity contribution < 1.29 is 19.4 Å². The third-order valence-electron chi connectivity index (χ3n) is 3.60. The molecule has 0 aliphatic carbocycles. The first-order valence-corrected chi connectivity index (χ1v) is 5.93. The van der Waals surface area contributed by atoms with Crippen LogP contribution in [0, 0.1) is 0 Å². The molecule has 0 bridgehead atoms. The summed E-state index contributed by atoms with van der Waals surface area (Å²) < 4.78 is 5.17. The van der Waals surface area contributed by atoms with Crippen molar-refractivity contribution in [2.24, 2.45) is 0 Å². The highest BCUT2D eigenvalue weighted by molar-refractivity contribution is 5.86. The summed E-state index contributed by atoms with van der Waals surface area (Å²) in [5.41, 5.74) is -1.07. The van der Waals surface area contributed by atoms with Gasteiger partial charge in [-0.15, -0.1) is 0 Å². The van der Waals surface area contributed by atoms with Crippen LogP contribution in [0.25, 0.3) is 0 Å². The fourth-order valence-electron chi connectivity index (χ4n) is 2.41. The summed E-state index contributed by atoms with van der Waals surface area (Å²) in [7, 11) is 0. The molecule has 2 unspecified atom stereocenters. The highest BCUT2D eigenvalue weighted by Gasteiger charge is 2.46. The third kappa shape index (κ3) is 2.22. The molecule has 2 rings (SSSR count). The van der Waals surface area contributed by atoms with Crippen LogP contribution in [0.5, 0.6) is 0 Å². The van der Waals surface area contributed by atoms with E-state index in [1.165, 1.54) is 4.90 Å². The highest BCUT2D eigenvalue weighted by Crippen LogP contribution is 2.29. The number of nitrogens with one attached hydrogen (secondary N) is 1. The van der Waals surface area contributed by atoms with E-state index < -0.39 is 11.5 Å². The van der Waals surface area contributed by atoms with Crippen molar-refractivity contribution in [2.75, 3.05) is 19.8 Å². The van der Waals surface area contributed by atoms with Gasteiger partial charge in [0.25, 0.3) is 0 Å². The van der Waals surface area contributed by atoms with Gasteiger partial charge in [0.05, 0.1) is 12.6 Å². The molecule has 2 heterocycles. The number of amides is 2. The number of nitrogens with zero attached hydrogens (tertiary/aromatic N) is 1. The maximum Gasteiger partial charge on any atom is 0.329 e. The Bertz CT molecular complexity index is 327. The molecule has 96 valence electrons. The SMILES string of the molecule is CC1(C(=O)O)CCCN1C(=O)NC1CCOC1. The van der Waals surface area contributed by atoms with E-state index in [9.17, 15) is 14.7 Å². The molecule has 2 saturated heterocycles. The van der Waals surface area contributed by atoms with Crippen LogP contribution in [-0.2, 0) is 9.53 Å². The molecule has 0 aromatic rings. The largest absolute Gasteiger partial charge is 0.480 e. The second-order valence-corrected chi connectivity index (χ2v) is 4.84. The Morgan fingerprint density at radius 2 is 2.29 bits per heavy atom. The van der Waals surface area contributed by atoms with E-state index in [4.69, 9.17) is 4.74 Å². The van der Waals surface area contributed by atoms with Crippen molar-refractivity contribution in [3.05, 3.63) is 0 Å². The normalized spacial score (nSPS) is 32.8. The average molecular weight is 242 g/mol. The van der Waals surface area contributed by atoms with Crippen LogP contribution >= 0.6 is 0 Å².